The van der Waals surface area contributed by atoms with Gasteiger partial charge in [0.1, 0.15) is 11.4 Å². The van der Waals surface area contributed by atoms with Crippen molar-refractivity contribution in [2.75, 3.05) is 12.4 Å². The fraction of sp³-hybridized carbons (Fsp3) is 0.0556. The lowest BCUT2D eigenvalue weighted by Gasteiger charge is -2.03. The van der Waals surface area contributed by atoms with Crippen LogP contribution >= 0.6 is 11.3 Å². The minimum absolute atomic E-state index is 0.200. The minimum atomic E-state index is -0.200. The molecule has 0 saturated carbocycles. The number of thiazole rings is 1. The summed E-state index contributed by atoms with van der Waals surface area (Å²) in [5.74, 6) is 0.567. The molecule has 0 saturated heterocycles. The maximum Gasteiger partial charge on any atom is 0.273 e. The maximum atomic E-state index is 12.5. The number of rotatable bonds is 4. The van der Waals surface area contributed by atoms with Gasteiger partial charge in [-0.15, -0.1) is 11.3 Å². The van der Waals surface area contributed by atoms with E-state index >= 15 is 0 Å². The van der Waals surface area contributed by atoms with E-state index in [4.69, 9.17) is 4.74 Å². The molecular weight excluding hydrogens is 336 g/mol. The van der Waals surface area contributed by atoms with Gasteiger partial charge in [-0.3, -0.25) is 14.2 Å². The molecule has 0 radical (unpaired) electrons. The Bertz CT molecular complexity index is 1040. The summed E-state index contributed by atoms with van der Waals surface area (Å²) in [5, 5.41) is 4.64. The number of aromatic nitrogens is 3. The van der Waals surface area contributed by atoms with Crippen LogP contribution in [0.4, 0.5) is 5.69 Å². The number of hydrogen-bond donors (Lipinski definition) is 1. The third-order valence-electron chi connectivity index (χ3n) is 3.73. The van der Waals surface area contributed by atoms with Gasteiger partial charge < -0.3 is 10.1 Å². The first-order valence-electron chi connectivity index (χ1n) is 7.57. The summed E-state index contributed by atoms with van der Waals surface area (Å²) in [4.78, 5) is 21.9. The van der Waals surface area contributed by atoms with Crippen LogP contribution in [0.3, 0.4) is 0 Å². The molecule has 3 heterocycles. The first kappa shape index (κ1) is 15.3. The molecule has 1 amide bonds. The Morgan fingerprint density at radius 1 is 1.28 bits per heavy atom. The van der Waals surface area contributed by atoms with Crippen LogP contribution in [-0.4, -0.2) is 27.4 Å². The first-order chi connectivity index (χ1) is 12.2. The lowest BCUT2D eigenvalue weighted by atomic mass is 10.1. The third kappa shape index (κ3) is 2.97. The number of benzene rings is 1. The van der Waals surface area contributed by atoms with Crippen molar-refractivity contribution in [1.29, 1.82) is 0 Å². The van der Waals surface area contributed by atoms with Crippen molar-refractivity contribution < 1.29 is 9.53 Å². The summed E-state index contributed by atoms with van der Waals surface area (Å²) in [6.45, 7) is 0. The number of carbonyl (C=O) groups excluding carboxylic acids is 1. The van der Waals surface area contributed by atoms with Gasteiger partial charge in [0.15, 0.2) is 4.96 Å². The Morgan fingerprint density at radius 2 is 2.20 bits per heavy atom. The van der Waals surface area contributed by atoms with Gasteiger partial charge in [-0.1, -0.05) is 12.1 Å². The average molecular weight is 350 g/mol. The Hall–Kier alpha value is -3.19. The quantitative estimate of drug-likeness (QED) is 0.609. The van der Waals surface area contributed by atoms with E-state index in [1.807, 2.05) is 30.5 Å². The number of hydrogen-bond acceptors (Lipinski definition) is 5. The Labute approximate surface area is 147 Å². The van der Waals surface area contributed by atoms with E-state index in [0.717, 1.165) is 22.0 Å². The molecule has 1 aromatic carbocycles. The van der Waals surface area contributed by atoms with Crippen molar-refractivity contribution in [2.45, 2.75) is 0 Å². The molecule has 3 aromatic heterocycles. The summed E-state index contributed by atoms with van der Waals surface area (Å²) < 4.78 is 7.06. The van der Waals surface area contributed by atoms with E-state index in [2.05, 4.69) is 15.3 Å². The van der Waals surface area contributed by atoms with Crippen molar-refractivity contribution >= 4 is 27.9 Å². The molecule has 7 heteroatoms. The second kappa shape index (κ2) is 6.37. The number of carbonyl (C=O) groups is 1. The van der Waals surface area contributed by atoms with E-state index in [-0.39, 0.29) is 5.91 Å². The molecule has 0 aliphatic carbocycles. The highest BCUT2D eigenvalue weighted by Crippen LogP contribution is 2.26. The van der Waals surface area contributed by atoms with E-state index in [1.54, 1.807) is 41.4 Å². The highest BCUT2D eigenvalue weighted by atomic mass is 32.1. The summed E-state index contributed by atoms with van der Waals surface area (Å²) in [6, 6.07) is 11.2. The molecule has 0 bridgehead atoms. The highest BCUT2D eigenvalue weighted by Gasteiger charge is 2.15. The van der Waals surface area contributed by atoms with Gasteiger partial charge in [-0.05, 0) is 24.3 Å². The van der Waals surface area contributed by atoms with Crippen molar-refractivity contribution in [3.63, 3.8) is 0 Å². The third-order valence-corrected chi connectivity index (χ3v) is 4.57. The molecule has 4 aromatic rings. The molecule has 0 unspecified atom stereocenters. The molecule has 0 aliphatic heterocycles. The first-order valence-corrected chi connectivity index (χ1v) is 8.45. The number of anilines is 1. The largest absolute Gasteiger partial charge is 0.497 e. The topological polar surface area (TPSA) is 68.5 Å². The van der Waals surface area contributed by atoms with Gasteiger partial charge in [0.2, 0.25) is 0 Å². The van der Waals surface area contributed by atoms with Crippen LogP contribution in [0, 0.1) is 0 Å². The number of pyridine rings is 1. The molecule has 0 fully saturated rings. The van der Waals surface area contributed by atoms with E-state index in [1.165, 1.54) is 11.3 Å². The number of amides is 1. The predicted octanol–water partition coefficient (Wildman–Crippen LogP) is 3.72. The number of methoxy groups -OCH3 is 1. The fourth-order valence-corrected chi connectivity index (χ4v) is 3.35. The monoisotopic (exact) mass is 350 g/mol. The summed E-state index contributed by atoms with van der Waals surface area (Å²) in [5.41, 5.74) is 2.92. The zero-order chi connectivity index (χ0) is 17.2. The number of ether oxygens (including phenoxy) is 1. The molecule has 124 valence electrons. The van der Waals surface area contributed by atoms with Crippen LogP contribution in [0.1, 0.15) is 10.5 Å². The highest BCUT2D eigenvalue weighted by molar-refractivity contribution is 7.15. The zero-order valence-corrected chi connectivity index (χ0v) is 14.2. The van der Waals surface area contributed by atoms with E-state index < -0.39 is 0 Å². The van der Waals surface area contributed by atoms with E-state index in [9.17, 15) is 4.79 Å². The smallest absolute Gasteiger partial charge is 0.273 e. The average Bonchev–Trinajstić information content (AvgIpc) is 3.23. The SMILES string of the molecule is COc1cccc(-c2cn3c(C(=O)Nc4cccnc4)csc3n2)c1. The predicted molar refractivity (Wildman–Crippen MR) is 97.2 cm³/mol. The maximum absolute atomic E-state index is 12.5. The lowest BCUT2D eigenvalue weighted by molar-refractivity contribution is 0.102. The van der Waals surface area contributed by atoms with Gasteiger partial charge in [-0.25, -0.2) is 4.98 Å². The van der Waals surface area contributed by atoms with Crippen LogP contribution < -0.4 is 10.1 Å². The summed E-state index contributed by atoms with van der Waals surface area (Å²) in [6.07, 6.45) is 5.13. The second-order valence-electron chi connectivity index (χ2n) is 5.33. The van der Waals surface area contributed by atoms with Gasteiger partial charge in [-0.2, -0.15) is 0 Å². The number of fused-ring (bicyclic) bond motifs is 1. The molecule has 6 nitrogen and oxygen atoms in total. The Balaban J connectivity index is 1.67. The van der Waals surface area contributed by atoms with Gasteiger partial charge in [0.25, 0.3) is 5.91 Å². The van der Waals surface area contributed by atoms with Crippen LogP contribution in [0.5, 0.6) is 5.75 Å². The van der Waals surface area contributed by atoms with Gasteiger partial charge in [0.05, 0.1) is 24.7 Å². The molecule has 25 heavy (non-hydrogen) atoms. The molecular formula is C18H14N4O2S. The molecule has 4 rings (SSSR count). The number of imidazole rings is 1. The molecule has 0 aliphatic rings. The van der Waals surface area contributed by atoms with Crippen LogP contribution in [0.2, 0.25) is 0 Å². The van der Waals surface area contributed by atoms with Crippen LogP contribution in [0.15, 0.2) is 60.4 Å². The van der Waals surface area contributed by atoms with E-state index in [0.29, 0.717) is 11.4 Å². The van der Waals surface area contributed by atoms with Crippen molar-refractivity contribution in [3.8, 4) is 17.0 Å². The Kier molecular flexibility index (Phi) is 3.91. The number of nitrogens with zero attached hydrogens (tertiary/aromatic N) is 3. The molecule has 1 N–H and O–H groups in total. The van der Waals surface area contributed by atoms with Crippen molar-refractivity contribution in [2.24, 2.45) is 0 Å². The summed E-state index contributed by atoms with van der Waals surface area (Å²) >= 11 is 1.42. The van der Waals surface area contributed by atoms with Crippen molar-refractivity contribution in [3.05, 3.63) is 66.1 Å². The standard InChI is InChI=1S/C18H14N4O2S/c1-24-14-6-2-4-12(8-14)15-10-22-16(11-25-18(22)21-15)17(23)20-13-5-3-7-19-9-13/h2-11H,1H3,(H,20,23). The van der Waals surface area contributed by atoms with Crippen molar-refractivity contribution in [1.82, 2.24) is 14.4 Å². The fourth-order valence-electron chi connectivity index (χ4n) is 2.50. The number of nitrogens with one attached hydrogen (secondary N) is 1. The van der Waals surface area contributed by atoms with Gasteiger partial charge >= 0.3 is 0 Å². The minimum Gasteiger partial charge on any atom is -0.497 e. The second-order valence-corrected chi connectivity index (χ2v) is 6.16. The summed E-state index contributed by atoms with van der Waals surface area (Å²) in [7, 11) is 1.63. The lowest BCUT2D eigenvalue weighted by Crippen LogP contribution is -2.13. The normalized spacial score (nSPS) is 10.8. The molecule has 0 spiro atoms. The zero-order valence-electron chi connectivity index (χ0n) is 13.3. The Morgan fingerprint density at radius 3 is 3.00 bits per heavy atom. The van der Waals surface area contributed by atoms with Crippen LogP contribution in [-0.2, 0) is 0 Å². The molecule has 0 atom stereocenters. The van der Waals surface area contributed by atoms with Gasteiger partial charge in [0, 0.05) is 23.3 Å². The van der Waals surface area contributed by atoms with Crippen LogP contribution in [0.25, 0.3) is 16.2 Å².